The lowest BCUT2D eigenvalue weighted by atomic mass is 10.1. The minimum absolute atomic E-state index is 0.320. The highest BCUT2D eigenvalue weighted by atomic mass is 32.2. The predicted octanol–water partition coefficient (Wildman–Crippen LogP) is 2.19. The van der Waals surface area contributed by atoms with Crippen molar-refractivity contribution in [1.82, 2.24) is 19.3 Å². The third-order valence-electron chi connectivity index (χ3n) is 4.23. The van der Waals surface area contributed by atoms with Crippen LogP contribution in [0.2, 0.25) is 0 Å². The molecular formula is C17H17N5O3S. The normalized spacial score (nSPS) is 14.8. The third-order valence-corrected chi connectivity index (χ3v) is 5.48. The van der Waals surface area contributed by atoms with E-state index in [0.717, 1.165) is 22.5 Å². The van der Waals surface area contributed by atoms with Crippen molar-refractivity contribution >= 4 is 21.7 Å². The molecule has 0 bridgehead atoms. The smallest absolute Gasteiger partial charge is 0.227 e. The highest BCUT2D eigenvalue weighted by Gasteiger charge is 2.24. The Morgan fingerprint density at radius 2 is 2.00 bits per heavy atom. The molecule has 0 fully saturated rings. The van der Waals surface area contributed by atoms with Gasteiger partial charge in [-0.25, -0.2) is 23.4 Å². The molecule has 0 radical (unpaired) electrons. The summed E-state index contributed by atoms with van der Waals surface area (Å²) in [6.45, 7) is 0.758. The number of fused-ring (bicyclic) bond motifs is 1. The van der Waals surface area contributed by atoms with Gasteiger partial charge < -0.3 is 9.73 Å². The average Bonchev–Trinajstić information content (AvgIpc) is 3.16. The summed E-state index contributed by atoms with van der Waals surface area (Å²) in [6, 6.07) is 7.66. The molecule has 1 N–H and O–H groups in total. The van der Waals surface area contributed by atoms with E-state index in [1.165, 1.54) is 17.0 Å². The van der Waals surface area contributed by atoms with Crippen LogP contribution < -0.4 is 5.32 Å². The SMILES string of the molecule is CS(=O)(=O)N1CCc2nc(Nc3ccc(-c4cnco4)cc3)ncc2C1. The molecule has 0 amide bonds. The van der Waals surface area contributed by atoms with Gasteiger partial charge in [0, 0.05) is 42.5 Å². The zero-order valence-electron chi connectivity index (χ0n) is 14.1. The van der Waals surface area contributed by atoms with Crippen LogP contribution in [0.5, 0.6) is 0 Å². The molecule has 0 saturated heterocycles. The first-order valence-corrected chi connectivity index (χ1v) is 9.90. The van der Waals surface area contributed by atoms with Crippen molar-refractivity contribution in [2.75, 3.05) is 18.1 Å². The molecule has 0 unspecified atom stereocenters. The van der Waals surface area contributed by atoms with Crippen LogP contribution >= 0.6 is 0 Å². The predicted molar refractivity (Wildman–Crippen MR) is 96.2 cm³/mol. The number of hydrogen-bond donors (Lipinski definition) is 1. The lowest BCUT2D eigenvalue weighted by Crippen LogP contribution is -2.35. The van der Waals surface area contributed by atoms with Crippen LogP contribution in [0.3, 0.4) is 0 Å². The Bertz CT molecular complexity index is 1020. The molecule has 2 aromatic heterocycles. The van der Waals surface area contributed by atoms with E-state index >= 15 is 0 Å². The highest BCUT2D eigenvalue weighted by Crippen LogP contribution is 2.23. The molecule has 9 heteroatoms. The van der Waals surface area contributed by atoms with Crippen LogP contribution in [0.25, 0.3) is 11.3 Å². The molecule has 0 atom stereocenters. The van der Waals surface area contributed by atoms with Crippen molar-refractivity contribution in [1.29, 1.82) is 0 Å². The maximum Gasteiger partial charge on any atom is 0.227 e. The fourth-order valence-corrected chi connectivity index (χ4v) is 3.64. The summed E-state index contributed by atoms with van der Waals surface area (Å²) < 4.78 is 30.1. The molecule has 3 aromatic rings. The molecule has 3 heterocycles. The Kier molecular flexibility index (Phi) is 4.17. The van der Waals surface area contributed by atoms with Gasteiger partial charge in [-0.05, 0) is 24.3 Å². The molecule has 0 spiro atoms. The Morgan fingerprint density at radius 3 is 2.69 bits per heavy atom. The van der Waals surface area contributed by atoms with E-state index in [0.29, 0.717) is 31.2 Å². The summed E-state index contributed by atoms with van der Waals surface area (Å²) in [7, 11) is -3.20. The fourth-order valence-electron chi connectivity index (χ4n) is 2.84. The van der Waals surface area contributed by atoms with Crippen molar-refractivity contribution in [3.8, 4) is 11.3 Å². The zero-order valence-corrected chi connectivity index (χ0v) is 14.9. The molecule has 0 aliphatic carbocycles. The van der Waals surface area contributed by atoms with Crippen LogP contribution in [0.4, 0.5) is 11.6 Å². The fraction of sp³-hybridized carbons (Fsp3) is 0.235. The van der Waals surface area contributed by atoms with Gasteiger partial charge in [-0.2, -0.15) is 4.31 Å². The number of benzene rings is 1. The first-order valence-electron chi connectivity index (χ1n) is 8.05. The van der Waals surface area contributed by atoms with Crippen molar-refractivity contribution in [2.45, 2.75) is 13.0 Å². The van der Waals surface area contributed by atoms with Gasteiger partial charge in [-0.1, -0.05) is 0 Å². The van der Waals surface area contributed by atoms with Gasteiger partial charge in [-0.3, -0.25) is 0 Å². The number of nitrogens with zero attached hydrogens (tertiary/aromatic N) is 4. The monoisotopic (exact) mass is 371 g/mol. The van der Waals surface area contributed by atoms with Crippen molar-refractivity contribution < 1.29 is 12.8 Å². The van der Waals surface area contributed by atoms with E-state index in [9.17, 15) is 8.42 Å². The van der Waals surface area contributed by atoms with Crippen molar-refractivity contribution in [2.24, 2.45) is 0 Å². The number of sulfonamides is 1. The Hall–Kier alpha value is -2.78. The largest absolute Gasteiger partial charge is 0.444 e. The minimum atomic E-state index is -3.20. The molecule has 1 aliphatic rings. The summed E-state index contributed by atoms with van der Waals surface area (Å²) in [6.07, 6.45) is 6.54. The van der Waals surface area contributed by atoms with Crippen LogP contribution in [-0.4, -0.2) is 40.5 Å². The number of oxazole rings is 1. The first kappa shape index (κ1) is 16.7. The van der Waals surface area contributed by atoms with Gasteiger partial charge in [0.05, 0.1) is 18.1 Å². The van der Waals surface area contributed by atoms with Crippen LogP contribution in [-0.2, 0) is 23.0 Å². The summed E-state index contributed by atoms with van der Waals surface area (Å²) >= 11 is 0. The number of aromatic nitrogens is 3. The zero-order chi connectivity index (χ0) is 18.1. The second kappa shape index (κ2) is 6.50. The van der Waals surface area contributed by atoms with Crippen molar-refractivity contribution in [3.05, 3.63) is 54.3 Å². The van der Waals surface area contributed by atoms with Gasteiger partial charge in [-0.15, -0.1) is 0 Å². The molecule has 1 aromatic carbocycles. The minimum Gasteiger partial charge on any atom is -0.444 e. The molecular weight excluding hydrogens is 354 g/mol. The number of nitrogens with one attached hydrogen (secondary N) is 1. The summed E-state index contributed by atoms with van der Waals surface area (Å²) in [5, 5.41) is 3.17. The van der Waals surface area contributed by atoms with E-state index in [4.69, 9.17) is 4.42 Å². The van der Waals surface area contributed by atoms with Crippen molar-refractivity contribution in [3.63, 3.8) is 0 Å². The van der Waals surface area contributed by atoms with E-state index in [1.807, 2.05) is 24.3 Å². The first-order chi connectivity index (χ1) is 12.5. The highest BCUT2D eigenvalue weighted by molar-refractivity contribution is 7.88. The van der Waals surface area contributed by atoms with Gasteiger partial charge in [0.15, 0.2) is 12.2 Å². The second-order valence-electron chi connectivity index (χ2n) is 6.08. The third kappa shape index (κ3) is 3.44. The van der Waals surface area contributed by atoms with Gasteiger partial charge in [0.1, 0.15) is 0 Å². The summed E-state index contributed by atoms with van der Waals surface area (Å²) in [5.74, 6) is 1.20. The van der Waals surface area contributed by atoms with Gasteiger partial charge in [0.2, 0.25) is 16.0 Å². The molecule has 0 saturated carbocycles. The van der Waals surface area contributed by atoms with E-state index in [1.54, 1.807) is 12.4 Å². The Labute approximate surface area is 151 Å². The molecule has 8 nitrogen and oxygen atoms in total. The maximum absolute atomic E-state index is 11.7. The molecule has 26 heavy (non-hydrogen) atoms. The second-order valence-corrected chi connectivity index (χ2v) is 8.06. The van der Waals surface area contributed by atoms with E-state index < -0.39 is 10.0 Å². The topological polar surface area (TPSA) is 101 Å². The van der Waals surface area contributed by atoms with Gasteiger partial charge in [0.25, 0.3) is 0 Å². The summed E-state index contributed by atoms with van der Waals surface area (Å²) in [5.41, 5.74) is 3.50. The van der Waals surface area contributed by atoms with Crippen LogP contribution in [0.15, 0.2) is 47.5 Å². The Morgan fingerprint density at radius 1 is 1.19 bits per heavy atom. The molecule has 134 valence electrons. The van der Waals surface area contributed by atoms with Crippen LogP contribution in [0.1, 0.15) is 11.3 Å². The molecule has 4 rings (SSSR count). The maximum atomic E-state index is 11.7. The lowest BCUT2D eigenvalue weighted by molar-refractivity contribution is 0.390. The molecule has 1 aliphatic heterocycles. The lowest BCUT2D eigenvalue weighted by Gasteiger charge is -2.25. The Balaban J connectivity index is 1.50. The van der Waals surface area contributed by atoms with Crippen LogP contribution in [0, 0.1) is 0 Å². The standard InChI is InChI=1S/C17H17N5O3S/c1-26(23,24)22-7-6-15-13(10-22)8-19-17(21-15)20-14-4-2-12(3-5-14)16-9-18-11-25-16/h2-5,8-9,11H,6-7,10H2,1H3,(H,19,20,21). The average molecular weight is 371 g/mol. The number of anilines is 2. The summed E-state index contributed by atoms with van der Waals surface area (Å²) in [4.78, 5) is 12.7. The number of rotatable bonds is 4. The van der Waals surface area contributed by atoms with E-state index in [2.05, 4.69) is 20.3 Å². The van der Waals surface area contributed by atoms with Gasteiger partial charge >= 0.3 is 0 Å². The van der Waals surface area contributed by atoms with E-state index in [-0.39, 0.29) is 0 Å². The number of hydrogen-bond acceptors (Lipinski definition) is 7. The quantitative estimate of drug-likeness (QED) is 0.750.